The minimum Gasteiger partial charge on any atom is -0.363 e. The standard InChI is InChI=1S/C32H50N2O3S/c1-2-3-4-5-6-7-8-9-10-11-12-13-14-15-16-20-23-32-33-30-25-24-29(38(35,36)37)26-31(30)34(32)27-28-21-18-17-19-22-28/h17-19,21-22,24-26,32-33H,2-16,20,23,27H2,1H3,(H,35,36,37). The van der Waals surface area contributed by atoms with Crippen molar-refractivity contribution in [2.45, 2.75) is 134 Å². The summed E-state index contributed by atoms with van der Waals surface area (Å²) in [5.41, 5.74) is 2.94. The normalized spacial score (nSPS) is 15.0. The van der Waals surface area contributed by atoms with E-state index in [1.807, 2.05) is 18.2 Å². The number of nitrogens with one attached hydrogen (secondary N) is 1. The minimum atomic E-state index is -4.24. The Hall–Kier alpha value is -2.05. The van der Waals surface area contributed by atoms with Gasteiger partial charge >= 0.3 is 0 Å². The van der Waals surface area contributed by atoms with Crippen molar-refractivity contribution >= 4 is 21.5 Å². The molecule has 2 aromatic rings. The highest BCUT2D eigenvalue weighted by molar-refractivity contribution is 7.85. The van der Waals surface area contributed by atoms with Gasteiger partial charge in [-0.05, 0) is 36.6 Å². The Balaban J connectivity index is 1.32. The van der Waals surface area contributed by atoms with Gasteiger partial charge in [0.15, 0.2) is 0 Å². The van der Waals surface area contributed by atoms with E-state index in [2.05, 4.69) is 29.3 Å². The van der Waals surface area contributed by atoms with E-state index >= 15 is 0 Å². The van der Waals surface area contributed by atoms with Crippen molar-refractivity contribution < 1.29 is 13.0 Å². The van der Waals surface area contributed by atoms with Gasteiger partial charge in [-0.2, -0.15) is 8.42 Å². The topological polar surface area (TPSA) is 69.6 Å². The number of nitrogens with zero attached hydrogens (tertiary/aromatic N) is 1. The van der Waals surface area contributed by atoms with Crippen LogP contribution in [0, 0.1) is 0 Å². The Morgan fingerprint density at radius 2 is 1.26 bits per heavy atom. The summed E-state index contributed by atoms with van der Waals surface area (Å²) in [6, 6.07) is 15.1. The molecule has 5 nitrogen and oxygen atoms in total. The van der Waals surface area contributed by atoms with Crippen LogP contribution in [0.15, 0.2) is 53.4 Å². The van der Waals surface area contributed by atoms with E-state index in [1.165, 1.54) is 108 Å². The highest BCUT2D eigenvalue weighted by atomic mass is 32.2. The highest BCUT2D eigenvalue weighted by Crippen LogP contribution is 2.39. The molecular weight excluding hydrogens is 492 g/mol. The molecule has 212 valence electrons. The van der Waals surface area contributed by atoms with Crippen LogP contribution in [0.3, 0.4) is 0 Å². The van der Waals surface area contributed by atoms with E-state index in [9.17, 15) is 13.0 Å². The fourth-order valence-corrected chi connectivity index (χ4v) is 6.05. The maximum atomic E-state index is 11.7. The third-order valence-electron chi connectivity index (χ3n) is 7.80. The molecule has 0 amide bonds. The lowest BCUT2D eigenvalue weighted by Gasteiger charge is -2.27. The van der Waals surface area contributed by atoms with Crippen LogP contribution in [-0.2, 0) is 16.7 Å². The van der Waals surface area contributed by atoms with Gasteiger partial charge in [0, 0.05) is 6.54 Å². The summed E-state index contributed by atoms with van der Waals surface area (Å²) in [5, 5.41) is 3.59. The summed E-state index contributed by atoms with van der Waals surface area (Å²) in [7, 11) is -4.24. The molecule has 1 unspecified atom stereocenters. The average Bonchev–Trinajstić information content (AvgIpc) is 3.25. The third-order valence-corrected chi connectivity index (χ3v) is 8.65. The lowest BCUT2D eigenvalue weighted by molar-refractivity contribution is 0.483. The highest BCUT2D eigenvalue weighted by Gasteiger charge is 2.29. The molecule has 0 bridgehead atoms. The van der Waals surface area contributed by atoms with Crippen molar-refractivity contribution in [3.8, 4) is 0 Å². The van der Waals surface area contributed by atoms with E-state index in [4.69, 9.17) is 0 Å². The number of hydrogen-bond acceptors (Lipinski definition) is 4. The van der Waals surface area contributed by atoms with Crippen LogP contribution < -0.4 is 10.2 Å². The summed E-state index contributed by atoms with van der Waals surface area (Å²) >= 11 is 0. The van der Waals surface area contributed by atoms with Crippen molar-refractivity contribution in [2.75, 3.05) is 10.2 Å². The van der Waals surface area contributed by atoms with Gasteiger partial charge in [0.1, 0.15) is 0 Å². The van der Waals surface area contributed by atoms with Crippen LogP contribution in [0.25, 0.3) is 0 Å². The third kappa shape index (κ3) is 10.6. The van der Waals surface area contributed by atoms with Gasteiger partial charge < -0.3 is 10.2 Å². The van der Waals surface area contributed by atoms with Gasteiger partial charge in [-0.15, -0.1) is 0 Å². The van der Waals surface area contributed by atoms with Crippen LogP contribution in [-0.4, -0.2) is 19.1 Å². The maximum Gasteiger partial charge on any atom is 0.294 e. The quantitative estimate of drug-likeness (QED) is 0.129. The molecule has 1 heterocycles. The Labute approximate surface area is 232 Å². The van der Waals surface area contributed by atoms with Gasteiger partial charge in [-0.1, -0.05) is 134 Å². The summed E-state index contributed by atoms with van der Waals surface area (Å²) in [6.07, 6.45) is 22.9. The predicted octanol–water partition coefficient (Wildman–Crippen LogP) is 9.34. The molecule has 0 saturated carbocycles. The average molecular weight is 543 g/mol. The van der Waals surface area contributed by atoms with Crippen molar-refractivity contribution in [3.05, 3.63) is 54.1 Å². The second-order valence-electron chi connectivity index (χ2n) is 11.0. The number of rotatable bonds is 20. The van der Waals surface area contributed by atoms with Crippen LogP contribution in [0.2, 0.25) is 0 Å². The van der Waals surface area contributed by atoms with Crippen molar-refractivity contribution in [2.24, 2.45) is 0 Å². The number of benzene rings is 2. The van der Waals surface area contributed by atoms with Crippen molar-refractivity contribution in [3.63, 3.8) is 0 Å². The summed E-state index contributed by atoms with van der Waals surface area (Å²) in [6.45, 7) is 2.97. The van der Waals surface area contributed by atoms with Gasteiger partial charge in [-0.3, -0.25) is 4.55 Å². The zero-order valence-electron chi connectivity index (χ0n) is 23.5. The Morgan fingerprint density at radius 3 is 1.79 bits per heavy atom. The number of hydrogen-bond donors (Lipinski definition) is 2. The summed E-state index contributed by atoms with van der Waals surface area (Å²) in [5.74, 6) is 0. The SMILES string of the molecule is CCCCCCCCCCCCCCCCCCC1Nc2ccc(S(=O)(=O)O)cc2N1Cc1ccccc1. The fraction of sp³-hybridized carbons (Fsp3) is 0.625. The first-order valence-electron chi connectivity index (χ1n) is 15.2. The number of unbranched alkanes of at least 4 members (excludes halogenated alkanes) is 15. The van der Waals surface area contributed by atoms with Crippen LogP contribution >= 0.6 is 0 Å². The van der Waals surface area contributed by atoms with E-state index in [0.29, 0.717) is 6.54 Å². The Kier molecular flexibility index (Phi) is 13.5. The first-order valence-corrected chi connectivity index (χ1v) is 16.6. The fourth-order valence-electron chi connectivity index (χ4n) is 5.55. The molecule has 1 aliphatic rings. The predicted molar refractivity (Wildman–Crippen MR) is 160 cm³/mol. The first kappa shape index (κ1) is 30.5. The molecule has 0 saturated heterocycles. The molecule has 1 atom stereocenters. The lowest BCUT2D eigenvalue weighted by Crippen LogP contribution is -2.35. The smallest absolute Gasteiger partial charge is 0.294 e. The maximum absolute atomic E-state index is 11.7. The Bertz CT molecular complexity index is 1030. The largest absolute Gasteiger partial charge is 0.363 e. The van der Waals surface area contributed by atoms with Gasteiger partial charge in [0.25, 0.3) is 10.1 Å². The second kappa shape index (κ2) is 16.8. The van der Waals surface area contributed by atoms with Gasteiger partial charge in [-0.25, -0.2) is 0 Å². The van der Waals surface area contributed by atoms with Crippen LogP contribution in [0.4, 0.5) is 11.4 Å². The first-order chi connectivity index (χ1) is 18.5. The number of fused-ring (bicyclic) bond motifs is 1. The van der Waals surface area contributed by atoms with E-state index in [-0.39, 0.29) is 11.1 Å². The lowest BCUT2D eigenvalue weighted by atomic mass is 10.0. The van der Waals surface area contributed by atoms with E-state index in [1.54, 1.807) is 12.1 Å². The molecular formula is C32H50N2O3S. The molecule has 0 radical (unpaired) electrons. The van der Waals surface area contributed by atoms with Crippen molar-refractivity contribution in [1.29, 1.82) is 0 Å². The second-order valence-corrected chi connectivity index (χ2v) is 12.4. The minimum absolute atomic E-state index is 0.0563. The molecule has 0 spiro atoms. The molecule has 3 rings (SSSR count). The van der Waals surface area contributed by atoms with E-state index in [0.717, 1.165) is 24.2 Å². The zero-order chi connectivity index (χ0) is 27.1. The molecule has 38 heavy (non-hydrogen) atoms. The Morgan fingerprint density at radius 1 is 0.737 bits per heavy atom. The molecule has 0 aliphatic carbocycles. The van der Waals surface area contributed by atoms with Gasteiger partial charge in [0.2, 0.25) is 0 Å². The molecule has 6 heteroatoms. The van der Waals surface area contributed by atoms with Gasteiger partial charge in [0.05, 0.1) is 22.4 Å². The monoisotopic (exact) mass is 542 g/mol. The van der Waals surface area contributed by atoms with Crippen molar-refractivity contribution in [1.82, 2.24) is 0 Å². The molecule has 0 fully saturated rings. The number of anilines is 2. The zero-order valence-corrected chi connectivity index (χ0v) is 24.4. The van der Waals surface area contributed by atoms with E-state index < -0.39 is 10.1 Å². The molecule has 0 aromatic heterocycles. The molecule has 1 aliphatic heterocycles. The van der Waals surface area contributed by atoms with Crippen LogP contribution in [0.5, 0.6) is 0 Å². The summed E-state index contributed by atoms with van der Waals surface area (Å²) < 4.78 is 33.0. The summed E-state index contributed by atoms with van der Waals surface area (Å²) in [4.78, 5) is 2.18. The van der Waals surface area contributed by atoms with Crippen LogP contribution in [0.1, 0.15) is 122 Å². The molecule has 2 aromatic carbocycles. The molecule has 2 N–H and O–H groups in total.